The highest BCUT2D eigenvalue weighted by molar-refractivity contribution is 6.12. The Morgan fingerprint density at radius 3 is 2.24 bits per heavy atom. The van der Waals surface area contributed by atoms with Crippen molar-refractivity contribution in [1.82, 2.24) is 0 Å². The van der Waals surface area contributed by atoms with Crippen molar-refractivity contribution in [2.45, 2.75) is 146 Å². The molecule has 1 aliphatic rings. The lowest BCUT2D eigenvalue weighted by Gasteiger charge is -2.19. The van der Waals surface area contributed by atoms with Crippen molar-refractivity contribution in [3.05, 3.63) is 87.5 Å². The predicted molar refractivity (Wildman–Crippen MR) is 203 cm³/mol. The molecule has 0 radical (unpaired) electrons. The van der Waals surface area contributed by atoms with Gasteiger partial charge in [-0.05, 0) is 97.9 Å². The molecule has 0 atom stereocenters. The number of rotatable bonds is 17. The highest BCUT2D eigenvalue weighted by Gasteiger charge is 2.21. The van der Waals surface area contributed by atoms with Crippen LogP contribution in [0, 0.1) is 12.8 Å². The number of aryl methyl sites for hydroxylation is 2. The third kappa shape index (κ3) is 14.7. The first kappa shape index (κ1) is 41.1. The number of Topliss-reactive ketones (excluding diaryl/α,β-unsaturated/α-hetero) is 1. The molecule has 0 bridgehead atoms. The quantitative estimate of drug-likeness (QED) is 0.0755. The second-order valence-corrected chi connectivity index (χ2v) is 12.7. The number of hydrogen-bond acceptors (Lipinski definition) is 3. The molecule has 0 amide bonds. The maximum atomic E-state index is 13.6. The van der Waals surface area contributed by atoms with Gasteiger partial charge in [-0.15, -0.1) is 0 Å². The second-order valence-electron chi connectivity index (χ2n) is 12.7. The number of unbranched alkanes of at least 4 members (excludes halogenated alkanes) is 6. The van der Waals surface area contributed by atoms with Crippen LogP contribution in [0.5, 0.6) is 5.75 Å². The van der Waals surface area contributed by atoms with E-state index >= 15 is 0 Å². The molecule has 3 heteroatoms. The van der Waals surface area contributed by atoms with Crippen LogP contribution in [0.3, 0.4) is 0 Å². The molecule has 2 aromatic rings. The number of carbonyl (C=O) groups is 1. The summed E-state index contributed by atoms with van der Waals surface area (Å²) in [5.41, 5.74) is 8.45. The number of ketones is 1. The molecule has 256 valence electrons. The number of allylic oxidation sites excluding steroid dienone is 3. The van der Waals surface area contributed by atoms with Gasteiger partial charge in [0, 0.05) is 30.3 Å². The SMILES string of the molecule is CC.CCCCCC(C)C.CCCCCC/C=C\CCOc1ccc2c(c1)CC(C(=O)c1cc(C(C)=NC)c(CC)cc1C)=CC2. The lowest BCUT2D eigenvalue weighted by molar-refractivity contribution is 0.103. The molecule has 0 unspecified atom stereocenters. The molecule has 0 heterocycles. The maximum Gasteiger partial charge on any atom is 0.189 e. The Balaban J connectivity index is 0.000000922. The Hall–Kier alpha value is -2.94. The standard InChI is InChI=1S/C33H43NO2.C8H18.C2H6/c1-6-8-9-10-11-12-13-14-19-36-30-18-17-27-15-16-28(21-29(27)22-30)33(35)31-23-32(25(4)34-5)26(7-2)20-24(31)3;1-4-5-6-7-8(2)3;1-2/h12-13,16-18,20,22-23H,6-11,14-15,19,21H2,1-5H3;8H,4-7H2,1-3H3;1-2H3/b13-12-,34-25?;;. The van der Waals surface area contributed by atoms with E-state index in [2.05, 4.69) is 82.1 Å². The van der Waals surface area contributed by atoms with Crippen LogP contribution >= 0.6 is 0 Å². The fraction of sp³-hybridized carbons (Fsp3) is 0.581. The number of ether oxygens (including phenoxy) is 1. The van der Waals surface area contributed by atoms with Crippen LogP contribution < -0.4 is 4.74 Å². The normalized spacial score (nSPS) is 12.6. The van der Waals surface area contributed by atoms with Crippen LogP contribution in [0.25, 0.3) is 0 Å². The molecule has 0 N–H and O–H groups in total. The van der Waals surface area contributed by atoms with E-state index in [0.717, 1.165) is 65.3 Å². The average molecular weight is 630 g/mol. The largest absolute Gasteiger partial charge is 0.493 e. The third-order valence-corrected chi connectivity index (χ3v) is 8.55. The van der Waals surface area contributed by atoms with Crippen molar-refractivity contribution in [1.29, 1.82) is 0 Å². The van der Waals surface area contributed by atoms with Crippen molar-refractivity contribution in [2.24, 2.45) is 10.9 Å². The highest BCUT2D eigenvalue weighted by atomic mass is 16.5. The summed E-state index contributed by atoms with van der Waals surface area (Å²) in [5, 5.41) is 0. The number of nitrogens with zero attached hydrogens (tertiary/aromatic N) is 1. The van der Waals surface area contributed by atoms with Gasteiger partial charge in [-0.2, -0.15) is 0 Å². The zero-order valence-corrected chi connectivity index (χ0v) is 31.4. The van der Waals surface area contributed by atoms with Crippen molar-refractivity contribution in [3.63, 3.8) is 0 Å². The number of hydrogen-bond donors (Lipinski definition) is 0. The van der Waals surface area contributed by atoms with Gasteiger partial charge in [-0.1, -0.05) is 124 Å². The van der Waals surface area contributed by atoms with Gasteiger partial charge >= 0.3 is 0 Å². The van der Waals surface area contributed by atoms with E-state index in [0.29, 0.717) is 13.0 Å². The number of carbonyl (C=O) groups excluding carboxylic acids is 1. The Bertz CT molecular complexity index is 1250. The fourth-order valence-electron chi connectivity index (χ4n) is 5.65. The van der Waals surface area contributed by atoms with Crippen LogP contribution in [0.15, 0.2) is 59.1 Å². The minimum Gasteiger partial charge on any atom is -0.493 e. The van der Waals surface area contributed by atoms with Gasteiger partial charge in [0.05, 0.1) is 6.61 Å². The van der Waals surface area contributed by atoms with Gasteiger partial charge in [-0.25, -0.2) is 0 Å². The first-order valence-electron chi connectivity index (χ1n) is 18.5. The van der Waals surface area contributed by atoms with Crippen molar-refractivity contribution in [3.8, 4) is 5.75 Å². The molecule has 0 aliphatic heterocycles. The lowest BCUT2D eigenvalue weighted by Crippen LogP contribution is -2.14. The molecule has 2 aromatic carbocycles. The Morgan fingerprint density at radius 2 is 1.59 bits per heavy atom. The van der Waals surface area contributed by atoms with Gasteiger partial charge in [0.25, 0.3) is 0 Å². The van der Waals surface area contributed by atoms with E-state index in [-0.39, 0.29) is 5.78 Å². The summed E-state index contributed by atoms with van der Waals surface area (Å²) in [6.45, 7) is 19.9. The van der Waals surface area contributed by atoms with Gasteiger partial charge in [0.1, 0.15) is 5.75 Å². The highest BCUT2D eigenvalue weighted by Crippen LogP contribution is 2.29. The average Bonchev–Trinajstić information content (AvgIpc) is 3.07. The molecule has 46 heavy (non-hydrogen) atoms. The lowest BCUT2D eigenvalue weighted by atomic mass is 9.85. The number of fused-ring (bicyclic) bond motifs is 1. The zero-order valence-electron chi connectivity index (χ0n) is 31.4. The van der Waals surface area contributed by atoms with Crippen molar-refractivity contribution >= 4 is 11.5 Å². The summed E-state index contributed by atoms with van der Waals surface area (Å²) in [5.74, 6) is 1.92. The molecule has 0 aromatic heterocycles. The smallest absolute Gasteiger partial charge is 0.189 e. The molecular formula is C43H67NO2. The summed E-state index contributed by atoms with van der Waals surface area (Å²) >= 11 is 0. The van der Waals surface area contributed by atoms with Gasteiger partial charge < -0.3 is 4.74 Å². The summed E-state index contributed by atoms with van der Waals surface area (Å²) in [7, 11) is 1.81. The van der Waals surface area contributed by atoms with E-state index in [1.807, 2.05) is 33.8 Å². The number of aliphatic imine (C=N–C) groups is 1. The van der Waals surface area contributed by atoms with Gasteiger partial charge in [-0.3, -0.25) is 9.79 Å². The van der Waals surface area contributed by atoms with Crippen LogP contribution in [0.1, 0.15) is 158 Å². The fourth-order valence-corrected chi connectivity index (χ4v) is 5.65. The Kier molecular flexibility index (Phi) is 21.7. The summed E-state index contributed by atoms with van der Waals surface area (Å²) < 4.78 is 6.03. The van der Waals surface area contributed by atoms with Crippen molar-refractivity contribution in [2.75, 3.05) is 13.7 Å². The first-order valence-corrected chi connectivity index (χ1v) is 18.5. The minimum atomic E-state index is 0.126. The third-order valence-electron chi connectivity index (χ3n) is 8.55. The Labute approximate surface area is 284 Å². The van der Waals surface area contributed by atoms with Crippen LogP contribution in [-0.2, 0) is 19.3 Å². The topological polar surface area (TPSA) is 38.7 Å². The summed E-state index contributed by atoms with van der Waals surface area (Å²) in [6.07, 6.45) is 21.9. The van der Waals surface area contributed by atoms with Crippen LogP contribution in [0.4, 0.5) is 0 Å². The molecule has 0 spiro atoms. The van der Waals surface area contributed by atoms with Crippen molar-refractivity contribution < 1.29 is 9.53 Å². The monoisotopic (exact) mass is 630 g/mol. The first-order chi connectivity index (χ1) is 22.2. The van der Waals surface area contributed by atoms with E-state index in [1.54, 1.807) is 7.05 Å². The van der Waals surface area contributed by atoms with Gasteiger partial charge in [0.2, 0.25) is 0 Å². The molecular weight excluding hydrogens is 562 g/mol. The second kappa shape index (κ2) is 24.3. The molecule has 3 nitrogen and oxygen atoms in total. The maximum absolute atomic E-state index is 13.6. The zero-order chi connectivity index (χ0) is 34.3. The Morgan fingerprint density at radius 1 is 0.891 bits per heavy atom. The predicted octanol–water partition coefficient (Wildman–Crippen LogP) is 12.4. The summed E-state index contributed by atoms with van der Waals surface area (Å²) in [4.78, 5) is 18.0. The minimum absolute atomic E-state index is 0.126. The van der Waals surface area contributed by atoms with E-state index in [1.165, 1.54) is 68.1 Å². The molecule has 0 saturated carbocycles. The van der Waals surface area contributed by atoms with Crippen LogP contribution in [0.2, 0.25) is 0 Å². The van der Waals surface area contributed by atoms with Gasteiger partial charge in [0.15, 0.2) is 5.78 Å². The van der Waals surface area contributed by atoms with E-state index < -0.39 is 0 Å². The molecule has 0 saturated heterocycles. The van der Waals surface area contributed by atoms with Crippen LogP contribution in [-0.4, -0.2) is 25.1 Å². The van der Waals surface area contributed by atoms with E-state index in [9.17, 15) is 4.79 Å². The molecule has 3 rings (SSSR count). The van der Waals surface area contributed by atoms with E-state index in [4.69, 9.17) is 4.74 Å². The molecule has 1 aliphatic carbocycles. The summed E-state index contributed by atoms with van der Waals surface area (Å²) in [6, 6.07) is 10.5. The molecule has 0 fully saturated rings. The number of benzene rings is 2.